The summed E-state index contributed by atoms with van der Waals surface area (Å²) in [7, 11) is 4.40. The van der Waals surface area contributed by atoms with Gasteiger partial charge in [0.25, 0.3) is 0 Å². The van der Waals surface area contributed by atoms with E-state index in [9.17, 15) is 0 Å². The molecule has 0 radical (unpaired) electrons. The van der Waals surface area contributed by atoms with Crippen LogP contribution in [0.5, 0.6) is 0 Å². The van der Waals surface area contributed by atoms with Crippen LogP contribution in [0.1, 0.15) is 56.4 Å². The van der Waals surface area contributed by atoms with Crippen LogP contribution in [0.25, 0.3) is 10.2 Å². The predicted molar refractivity (Wildman–Crippen MR) is 107 cm³/mol. The molecule has 1 saturated carbocycles. The molecule has 25 heavy (non-hydrogen) atoms. The first-order chi connectivity index (χ1) is 11.9. The minimum absolute atomic E-state index is 0.387. The van der Waals surface area contributed by atoms with Crippen LogP contribution in [0.4, 0.5) is 5.82 Å². The Balaban J connectivity index is 1.59. The number of hydrogen-bond donors (Lipinski definition) is 1. The minimum atomic E-state index is 0.387. The molecular weight excluding hydrogens is 328 g/mol. The molecule has 0 spiro atoms. The van der Waals surface area contributed by atoms with Gasteiger partial charge < -0.3 is 10.2 Å². The van der Waals surface area contributed by atoms with E-state index in [2.05, 4.69) is 48.1 Å². The highest BCUT2D eigenvalue weighted by Gasteiger charge is 2.30. The summed E-state index contributed by atoms with van der Waals surface area (Å²) in [5, 5.41) is 5.09. The van der Waals surface area contributed by atoms with Crippen molar-refractivity contribution in [2.24, 2.45) is 5.41 Å². The van der Waals surface area contributed by atoms with Crippen LogP contribution in [0.3, 0.4) is 0 Å². The van der Waals surface area contributed by atoms with Crippen LogP contribution in [0, 0.1) is 5.41 Å². The largest absolute Gasteiger partial charge is 0.367 e. The summed E-state index contributed by atoms with van der Waals surface area (Å²) in [5.74, 6) is 1.08. The lowest BCUT2D eigenvalue weighted by Gasteiger charge is -2.33. The monoisotopic (exact) mass is 358 g/mol. The Hall–Kier alpha value is -1.20. The molecule has 4 nitrogen and oxygen atoms in total. The number of aromatic nitrogens is 2. The SMILES string of the molecule is CN(C)[C@H]1CC[C@H](Nc2ncnc3sc4c(c23)CC(C)(C)CC4)CC1. The fraction of sp³-hybridized carbons (Fsp3) is 0.700. The second-order valence-electron chi connectivity index (χ2n) is 8.86. The molecule has 136 valence electrons. The van der Waals surface area contributed by atoms with Crippen LogP contribution in [0.2, 0.25) is 0 Å². The Morgan fingerprint density at radius 1 is 1.16 bits per heavy atom. The highest BCUT2D eigenvalue weighted by Crippen LogP contribution is 2.44. The van der Waals surface area contributed by atoms with Gasteiger partial charge >= 0.3 is 0 Å². The van der Waals surface area contributed by atoms with Crippen molar-refractivity contribution >= 4 is 27.4 Å². The third-order valence-corrected chi connectivity index (χ3v) is 7.32. The first-order valence-corrected chi connectivity index (χ1v) is 10.4. The number of rotatable bonds is 3. The first kappa shape index (κ1) is 17.2. The zero-order chi connectivity index (χ0) is 17.6. The molecule has 2 aliphatic rings. The molecule has 0 atom stereocenters. The molecule has 2 aromatic rings. The van der Waals surface area contributed by atoms with Crippen molar-refractivity contribution in [3.05, 3.63) is 16.8 Å². The highest BCUT2D eigenvalue weighted by atomic mass is 32.1. The number of anilines is 1. The van der Waals surface area contributed by atoms with Crippen LogP contribution >= 0.6 is 11.3 Å². The molecule has 1 fully saturated rings. The van der Waals surface area contributed by atoms with E-state index in [4.69, 9.17) is 0 Å². The zero-order valence-corrected chi connectivity index (χ0v) is 16.7. The van der Waals surface area contributed by atoms with Crippen LogP contribution < -0.4 is 5.32 Å². The van der Waals surface area contributed by atoms with Gasteiger partial charge in [-0.2, -0.15) is 0 Å². The molecular formula is C20H30N4S. The lowest BCUT2D eigenvalue weighted by molar-refractivity contribution is 0.221. The van der Waals surface area contributed by atoms with Crippen molar-refractivity contribution in [2.45, 2.75) is 70.9 Å². The average molecular weight is 359 g/mol. The van der Waals surface area contributed by atoms with Crippen molar-refractivity contribution < 1.29 is 0 Å². The molecule has 4 rings (SSSR count). The molecule has 2 aliphatic carbocycles. The summed E-state index contributed by atoms with van der Waals surface area (Å²) < 4.78 is 0. The minimum Gasteiger partial charge on any atom is -0.367 e. The number of nitrogens with one attached hydrogen (secondary N) is 1. The molecule has 2 heterocycles. The number of fused-ring (bicyclic) bond motifs is 3. The fourth-order valence-corrected chi connectivity index (χ4v) is 5.64. The van der Waals surface area contributed by atoms with Crippen molar-refractivity contribution in [3.8, 4) is 0 Å². The van der Waals surface area contributed by atoms with E-state index in [0.717, 1.165) is 18.3 Å². The maximum absolute atomic E-state index is 4.66. The van der Waals surface area contributed by atoms with Crippen molar-refractivity contribution in [1.82, 2.24) is 14.9 Å². The Labute approximate surface area is 155 Å². The topological polar surface area (TPSA) is 41.0 Å². The Kier molecular flexibility index (Phi) is 4.49. The molecule has 1 N–H and O–H groups in total. The van der Waals surface area contributed by atoms with Gasteiger partial charge in [-0.1, -0.05) is 13.8 Å². The van der Waals surface area contributed by atoms with Crippen LogP contribution in [-0.2, 0) is 12.8 Å². The van der Waals surface area contributed by atoms with E-state index in [0.29, 0.717) is 11.5 Å². The molecule has 0 unspecified atom stereocenters. The van der Waals surface area contributed by atoms with Gasteiger partial charge in [0.15, 0.2) is 0 Å². The van der Waals surface area contributed by atoms with Gasteiger partial charge in [-0.15, -0.1) is 11.3 Å². The number of thiophene rings is 1. The standard InChI is InChI=1S/C20H30N4S/c1-20(2)10-9-16-15(11-20)17-18(21-12-22-19(17)25-16)23-13-5-7-14(8-6-13)24(3)4/h12-14H,5-11H2,1-4H3,(H,21,22,23)/t13-,14-. The van der Waals surface area contributed by atoms with E-state index >= 15 is 0 Å². The summed E-state index contributed by atoms with van der Waals surface area (Å²) in [4.78, 5) is 14.3. The lowest BCUT2D eigenvalue weighted by Crippen LogP contribution is -2.36. The molecule has 0 amide bonds. The smallest absolute Gasteiger partial charge is 0.138 e. The average Bonchev–Trinajstić information content (AvgIpc) is 2.93. The molecule has 2 aromatic heterocycles. The van der Waals surface area contributed by atoms with Gasteiger partial charge in [0.05, 0.1) is 5.39 Å². The van der Waals surface area contributed by atoms with Gasteiger partial charge in [0.1, 0.15) is 17.0 Å². The quantitative estimate of drug-likeness (QED) is 0.877. The van der Waals surface area contributed by atoms with Crippen LogP contribution in [0.15, 0.2) is 6.33 Å². The maximum atomic E-state index is 4.66. The normalized spacial score (nSPS) is 26.0. The molecule has 0 bridgehead atoms. The lowest BCUT2D eigenvalue weighted by atomic mass is 9.76. The second-order valence-corrected chi connectivity index (χ2v) is 9.94. The van der Waals surface area contributed by atoms with E-state index in [1.165, 1.54) is 59.2 Å². The highest BCUT2D eigenvalue weighted by molar-refractivity contribution is 7.19. The molecule has 5 heteroatoms. The van der Waals surface area contributed by atoms with Crippen molar-refractivity contribution in [1.29, 1.82) is 0 Å². The maximum Gasteiger partial charge on any atom is 0.138 e. The summed E-state index contributed by atoms with van der Waals surface area (Å²) in [5.41, 5.74) is 1.90. The Morgan fingerprint density at radius 3 is 2.64 bits per heavy atom. The van der Waals surface area contributed by atoms with Gasteiger partial charge in [0, 0.05) is 17.0 Å². The summed E-state index contributed by atoms with van der Waals surface area (Å²) in [6.45, 7) is 4.78. The van der Waals surface area contributed by atoms with Gasteiger partial charge in [-0.3, -0.25) is 0 Å². The Bertz CT molecular complexity index is 756. The van der Waals surface area contributed by atoms with E-state index in [1.807, 2.05) is 11.3 Å². The summed E-state index contributed by atoms with van der Waals surface area (Å²) in [6.07, 6.45) is 10.4. The van der Waals surface area contributed by atoms with Gasteiger partial charge in [-0.25, -0.2) is 9.97 Å². The third kappa shape index (κ3) is 3.41. The third-order valence-electron chi connectivity index (χ3n) is 6.12. The molecule has 0 aliphatic heterocycles. The second kappa shape index (κ2) is 6.51. The van der Waals surface area contributed by atoms with Gasteiger partial charge in [0.2, 0.25) is 0 Å². The number of hydrogen-bond acceptors (Lipinski definition) is 5. The van der Waals surface area contributed by atoms with Crippen molar-refractivity contribution in [3.63, 3.8) is 0 Å². The van der Waals surface area contributed by atoms with Gasteiger partial charge in [-0.05, 0) is 70.0 Å². The molecule has 0 aromatic carbocycles. The Morgan fingerprint density at radius 2 is 1.92 bits per heavy atom. The molecule has 0 saturated heterocycles. The number of aryl methyl sites for hydroxylation is 1. The number of nitrogens with zero attached hydrogens (tertiary/aromatic N) is 3. The predicted octanol–water partition coefficient (Wildman–Crippen LogP) is 4.49. The zero-order valence-electron chi connectivity index (χ0n) is 15.9. The van der Waals surface area contributed by atoms with Crippen molar-refractivity contribution in [2.75, 3.05) is 19.4 Å². The van der Waals surface area contributed by atoms with E-state index in [1.54, 1.807) is 6.33 Å². The summed E-state index contributed by atoms with van der Waals surface area (Å²) in [6, 6.07) is 1.28. The fourth-order valence-electron chi connectivity index (χ4n) is 4.48. The summed E-state index contributed by atoms with van der Waals surface area (Å²) >= 11 is 1.88. The van der Waals surface area contributed by atoms with E-state index in [-0.39, 0.29) is 0 Å². The first-order valence-electron chi connectivity index (χ1n) is 9.61. The van der Waals surface area contributed by atoms with Crippen LogP contribution in [-0.4, -0.2) is 41.0 Å². The van der Waals surface area contributed by atoms with E-state index < -0.39 is 0 Å².